The Kier molecular flexibility index (Phi) is 7.92. The molecule has 1 atom stereocenters. The summed E-state index contributed by atoms with van der Waals surface area (Å²) < 4.78 is 11.6. The third-order valence-electron chi connectivity index (χ3n) is 4.72. The van der Waals surface area contributed by atoms with E-state index in [0.29, 0.717) is 38.6 Å². The van der Waals surface area contributed by atoms with Crippen LogP contribution in [0.15, 0.2) is 41.3 Å². The number of amides is 2. The highest BCUT2D eigenvalue weighted by atomic mass is 35.5. The van der Waals surface area contributed by atoms with Crippen LogP contribution < -0.4 is 9.47 Å². The average Bonchev–Trinajstić information content (AvgIpc) is 2.99. The minimum Gasteiger partial charge on any atom is -0.490 e. The molecular formula is C23H23Cl2NO4S. The van der Waals surface area contributed by atoms with E-state index in [1.807, 2.05) is 32.9 Å². The lowest BCUT2D eigenvalue weighted by Gasteiger charge is -2.16. The van der Waals surface area contributed by atoms with Crippen molar-refractivity contribution in [3.63, 3.8) is 0 Å². The Hall–Kier alpha value is -2.15. The number of hydrogen-bond acceptors (Lipinski definition) is 5. The molecule has 0 saturated carbocycles. The lowest BCUT2D eigenvalue weighted by molar-refractivity contribution is -0.123. The monoisotopic (exact) mass is 479 g/mol. The fraction of sp³-hybridized carbons (Fsp3) is 0.304. The molecule has 5 nitrogen and oxygen atoms in total. The van der Waals surface area contributed by atoms with Crippen LogP contribution in [0, 0.1) is 0 Å². The fourth-order valence-corrected chi connectivity index (χ4v) is 4.26. The third kappa shape index (κ3) is 5.56. The zero-order chi connectivity index (χ0) is 22.5. The Balaban J connectivity index is 1.84. The van der Waals surface area contributed by atoms with Gasteiger partial charge in [0.15, 0.2) is 11.5 Å². The minimum atomic E-state index is -0.385. The van der Waals surface area contributed by atoms with Gasteiger partial charge in [-0.25, -0.2) is 0 Å². The van der Waals surface area contributed by atoms with Gasteiger partial charge in [-0.05, 0) is 67.9 Å². The number of imide groups is 1. The van der Waals surface area contributed by atoms with Gasteiger partial charge in [0.05, 0.1) is 24.2 Å². The van der Waals surface area contributed by atoms with Crippen LogP contribution >= 0.6 is 35.0 Å². The summed E-state index contributed by atoms with van der Waals surface area (Å²) in [6, 6.07) is 10.5. The van der Waals surface area contributed by atoms with E-state index in [4.69, 9.17) is 32.7 Å². The standard InChI is InChI=1S/C23H23Cl2NO4S/c1-4-14(3)30-19-10-9-15(11-20(19)29-5-2)12-21-22(27)26(23(28)31-21)13-16-17(24)7-6-8-18(16)25/h6-12,14H,4-5,13H2,1-3H3/b21-12+/t14-/m1/s1. The molecular weight excluding hydrogens is 457 g/mol. The van der Waals surface area contributed by atoms with E-state index < -0.39 is 0 Å². The first kappa shape index (κ1) is 23.5. The van der Waals surface area contributed by atoms with Crippen LogP contribution in [0.1, 0.15) is 38.3 Å². The molecule has 0 bridgehead atoms. The first-order valence-corrected chi connectivity index (χ1v) is 11.5. The molecule has 0 unspecified atom stereocenters. The molecule has 8 heteroatoms. The summed E-state index contributed by atoms with van der Waals surface area (Å²) in [5.74, 6) is 0.859. The van der Waals surface area contributed by atoms with Crippen molar-refractivity contribution in [2.75, 3.05) is 6.61 Å². The molecule has 1 saturated heterocycles. The first-order chi connectivity index (χ1) is 14.8. The molecule has 2 amide bonds. The molecule has 1 aliphatic rings. The second kappa shape index (κ2) is 10.4. The summed E-state index contributed by atoms with van der Waals surface area (Å²) in [7, 11) is 0. The van der Waals surface area contributed by atoms with E-state index in [1.165, 1.54) is 0 Å². The van der Waals surface area contributed by atoms with Crippen molar-refractivity contribution >= 4 is 52.2 Å². The van der Waals surface area contributed by atoms with Gasteiger partial charge in [-0.1, -0.05) is 42.3 Å². The topological polar surface area (TPSA) is 55.8 Å². The Morgan fingerprint density at radius 3 is 2.45 bits per heavy atom. The van der Waals surface area contributed by atoms with Crippen LogP contribution in [-0.4, -0.2) is 28.8 Å². The Labute approximate surface area is 196 Å². The Morgan fingerprint density at radius 1 is 1.10 bits per heavy atom. The summed E-state index contributed by atoms with van der Waals surface area (Å²) in [4.78, 5) is 26.8. The van der Waals surface area contributed by atoms with Crippen LogP contribution in [0.4, 0.5) is 4.79 Å². The van der Waals surface area contributed by atoms with E-state index in [1.54, 1.807) is 30.3 Å². The number of thioether (sulfide) groups is 1. The smallest absolute Gasteiger partial charge is 0.293 e. The highest BCUT2D eigenvalue weighted by Gasteiger charge is 2.35. The van der Waals surface area contributed by atoms with Gasteiger partial charge in [-0.2, -0.15) is 0 Å². The lowest BCUT2D eigenvalue weighted by Crippen LogP contribution is -2.27. The van der Waals surface area contributed by atoms with Crippen LogP contribution in [0.25, 0.3) is 6.08 Å². The molecule has 0 aromatic heterocycles. The van der Waals surface area contributed by atoms with E-state index in [2.05, 4.69) is 0 Å². The molecule has 1 fully saturated rings. The van der Waals surface area contributed by atoms with Crippen LogP contribution in [-0.2, 0) is 11.3 Å². The predicted octanol–water partition coefficient (Wildman–Crippen LogP) is 6.81. The van der Waals surface area contributed by atoms with E-state index in [0.717, 1.165) is 28.6 Å². The number of ether oxygens (including phenoxy) is 2. The lowest BCUT2D eigenvalue weighted by atomic mass is 10.1. The maximum atomic E-state index is 12.9. The van der Waals surface area contributed by atoms with Crippen molar-refractivity contribution in [2.24, 2.45) is 0 Å². The zero-order valence-electron chi connectivity index (χ0n) is 17.5. The fourth-order valence-electron chi connectivity index (χ4n) is 2.91. The second-order valence-corrected chi connectivity index (χ2v) is 8.75. The first-order valence-electron chi connectivity index (χ1n) is 9.95. The van der Waals surface area contributed by atoms with Crippen molar-refractivity contribution < 1.29 is 19.1 Å². The van der Waals surface area contributed by atoms with Gasteiger partial charge < -0.3 is 9.47 Å². The summed E-state index contributed by atoms with van der Waals surface area (Å²) in [5, 5.41) is 0.455. The highest BCUT2D eigenvalue weighted by molar-refractivity contribution is 8.18. The predicted molar refractivity (Wildman–Crippen MR) is 126 cm³/mol. The van der Waals surface area contributed by atoms with Gasteiger partial charge in [-0.15, -0.1) is 0 Å². The molecule has 1 aliphatic heterocycles. The molecule has 2 aromatic rings. The Bertz CT molecular complexity index is 1000. The molecule has 164 valence electrons. The van der Waals surface area contributed by atoms with Gasteiger partial charge in [0.1, 0.15) is 0 Å². The third-order valence-corrected chi connectivity index (χ3v) is 6.34. The molecule has 0 radical (unpaired) electrons. The number of rotatable bonds is 8. The second-order valence-electron chi connectivity index (χ2n) is 6.94. The molecule has 0 spiro atoms. The van der Waals surface area contributed by atoms with Gasteiger partial charge in [0, 0.05) is 15.6 Å². The molecule has 0 N–H and O–H groups in total. The summed E-state index contributed by atoms with van der Waals surface area (Å²) in [6.07, 6.45) is 2.60. The van der Waals surface area contributed by atoms with Crippen LogP contribution in [0.5, 0.6) is 11.5 Å². The largest absolute Gasteiger partial charge is 0.490 e. The van der Waals surface area contributed by atoms with Gasteiger partial charge in [-0.3, -0.25) is 14.5 Å². The normalized spacial score (nSPS) is 16.2. The minimum absolute atomic E-state index is 0.0202. The maximum absolute atomic E-state index is 12.9. The number of benzene rings is 2. The van der Waals surface area contributed by atoms with E-state index in [9.17, 15) is 9.59 Å². The van der Waals surface area contributed by atoms with E-state index in [-0.39, 0.29) is 23.8 Å². The van der Waals surface area contributed by atoms with Crippen LogP contribution in [0.3, 0.4) is 0 Å². The SMILES string of the molecule is CCOc1cc(/C=C2/SC(=O)N(Cc3c(Cl)cccc3Cl)C2=O)ccc1O[C@H](C)CC. The van der Waals surface area contributed by atoms with Crippen molar-refractivity contribution in [3.8, 4) is 11.5 Å². The van der Waals surface area contributed by atoms with Gasteiger partial charge >= 0.3 is 0 Å². The van der Waals surface area contributed by atoms with Crippen molar-refractivity contribution in [2.45, 2.75) is 39.8 Å². The van der Waals surface area contributed by atoms with Crippen molar-refractivity contribution in [3.05, 3.63) is 62.5 Å². The van der Waals surface area contributed by atoms with Crippen molar-refractivity contribution in [1.29, 1.82) is 0 Å². The molecule has 2 aromatic carbocycles. The van der Waals surface area contributed by atoms with Crippen LogP contribution in [0.2, 0.25) is 10.0 Å². The average molecular weight is 480 g/mol. The summed E-state index contributed by atoms with van der Waals surface area (Å²) in [6.45, 7) is 6.43. The van der Waals surface area contributed by atoms with Crippen molar-refractivity contribution in [1.82, 2.24) is 4.90 Å². The molecule has 1 heterocycles. The molecule has 3 rings (SSSR count). The van der Waals surface area contributed by atoms with Gasteiger partial charge in [0.25, 0.3) is 11.1 Å². The summed E-state index contributed by atoms with van der Waals surface area (Å²) >= 11 is 13.3. The number of halogens is 2. The van der Waals surface area contributed by atoms with E-state index >= 15 is 0 Å². The summed E-state index contributed by atoms with van der Waals surface area (Å²) in [5.41, 5.74) is 1.28. The molecule has 31 heavy (non-hydrogen) atoms. The quantitative estimate of drug-likeness (QED) is 0.389. The number of carbonyl (C=O) groups excluding carboxylic acids is 2. The number of hydrogen-bond donors (Lipinski definition) is 0. The number of nitrogens with zero attached hydrogens (tertiary/aromatic N) is 1. The molecule has 0 aliphatic carbocycles. The highest BCUT2D eigenvalue weighted by Crippen LogP contribution is 2.37. The maximum Gasteiger partial charge on any atom is 0.293 e. The van der Waals surface area contributed by atoms with Gasteiger partial charge in [0.2, 0.25) is 0 Å². The Morgan fingerprint density at radius 2 is 1.81 bits per heavy atom. The number of carbonyl (C=O) groups is 2. The zero-order valence-corrected chi connectivity index (χ0v) is 19.8.